The monoisotopic (exact) mass is 414 g/mol. The lowest BCUT2D eigenvalue weighted by atomic mass is 10.2. The number of nitrogens with zero attached hydrogens (tertiary/aromatic N) is 2. The second kappa shape index (κ2) is 8.13. The predicted octanol–water partition coefficient (Wildman–Crippen LogP) is 3.79. The van der Waals surface area contributed by atoms with Crippen molar-refractivity contribution < 1.29 is 13.2 Å². The van der Waals surface area contributed by atoms with Crippen LogP contribution in [-0.4, -0.2) is 44.3 Å². The molecule has 2 aromatic carbocycles. The molecule has 0 saturated carbocycles. The van der Waals surface area contributed by atoms with E-state index >= 15 is 0 Å². The molecule has 1 aromatic heterocycles. The summed E-state index contributed by atoms with van der Waals surface area (Å²) in [7, 11) is -3.19. The van der Waals surface area contributed by atoms with Gasteiger partial charge in [-0.15, -0.1) is 11.3 Å². The number of hydrogen-bond donors (Lipinski definition) is 0. The van der Waals surface area contributed by atoms with Gasteiger partial charge in [0.25, 0.3) is 0 Å². The molecule has 2 heterocycles. The minimum atomic E-state index is -3.19. The Kier molecular flexibility index (Phi) is 5.59. The third-order valence-corrected chi connectivity index (χ3v) is 6.84. The maximum Gasteiger partial charge on any atom is 0.175 e. The first-order valence-electron chi connectivity index (χ1n) is 9.13. The molecule has 5 nitrogen and oxygen atoms in total. The summed E-state index contributed by atoms with van der Waals surface area (Å²) in [5, 5.41) is 2.96. The van der Waals surface area contributed by atoms with Crippen LogP contribution in [0.3, 0.4) is 0 Å². The number of sulfone groups is 1. The van der Waals surface area contributed by atoms with Crippen molar-refractivity contribution in [2.45, 2.75) is 17.5 Å². The van der Waals surface area contributed by atoms with Crippen LogP contribution in [0, 0.1) is 0 Å². The van der Waals surface area contributed by atoms with Crippen LogP contribution >= 0.6 is 11.3 Å². The van der Waals surface area contributed by atoms with Crippen molar-refractivity contribution in [3.05, 3.63) is 70.5 Å². The summed E-state index contributed by atoms with van der Waals surface area (Å²) in [6.45, 7) is 3.33. The fourth-order valence-electron chi connectivity index (χ4n) is 3.28. The molecule has 1 aliphatic heterocycles. The summed E-state index contributed by atoms with van der Waals surface area (Å²) >= 11 is 1.59. The lowest BCUT2D eigenvalue weighted by molar-refractivity contribution is -0.0329. The SMILES string of the molecule is CS(=O)(=O)c1ccc(-c2csc([C@H]3CN(Cc4ccccc4)CCO3)n2)cc1. The summed E-state index contributed by atoms with van der Waals surface area (Å²) in [4.78, 5) is 7.47. The van der Waals surface area contributed by atoms with Crippen LogP contribution in [0.15, 0.2) is 64.9 Å². The van der Waals surface area contributed by atoms with Crippen LogP contribution in [0.2, 0.25) is 0 Å². The van der Waals surface area contributed by atoms with Gasteiger partial charge in [-0.2, -0.15) is 0 Å². The molecule has 1 saturated heterocycles. The van der Waals surface area contributed by atoms with E-state index in [0.29, 0.717) is 11.5 Å². The Morgan fingerprint density at radius 1 is 1.14 bits per heavy atom. The number of hydrogen-bond acceptors (Lipinski definition) is 6. The van der Waals surface area contributed by atoms with Crippen LogP contribution in [0.5, 0.6) is 0 Å². The number of aromatic nitrogens is 1. The maximum atomic E-state index is 11.6. The van der Waals surface area contributed by atoms with Crippen LogP contribution in [0.25, 0.3) is 11.3 Å². The lowest BCUT2D eigenvalue weighted by Crippen LogP contribution is -2.37. The van der Waals surface area contributed by atoms with Gasteiger partial charge in [0, 0.05) is 36.8 Å². The van der Waals surface area contributed by atoms with Crippen LogP contribution < -0.4 is 0 Å². The molecule has 28 heavy (non-hydrogen) atoms. The molecule has 0 aliphatic carbocycles. The molecule has 0 bridgehead atoms. The molecule has 4 rings (SSSR count). The Hall–Kier alpha value is -2.06. The normalized spacial score (nSPS) is 18.2. The zero-order chi connectivity index (χ0) is 19.6. The van der Waals surface area contributed by atoms with E-state index in [1.165, 1.54) is 11.8 Å². The summed E-state index contributed by atoms with van der Waals surface area (Å²) in [5.41, 5.74) is 3.06. The fourth-order valence-corrected chi connectivity index (χ4v) is 4.78. The van der Waals surface area contributed by atoms with E-state index in [9.17, 15) is 8.42 Å². The summed E-state index contributed by atoms with van der Waals surface area (Å²) < 4.78 is 29.2. The molecule has 7 heteroatoms. The van der Waals surface area contributed by atoms with Gasteiger partial charge in [-0.05, 0) is 17.7 Å². The van der Waals surface area contributed by atoms with Crippen molar-refractivity contribution >= 4 is 21.2 Å². The van der Waals surface area contributed by atoms with Crippen LogP contribution in [0.4, 0.5) is 0 Å². The Bertz CT molecular complexity index is 1030. The smallest absolute Gasteiger partial charge is 0.175 e. The largest absolute Gasteiger partial charge is 0.368 e. The standard InChI is InChI=1S/C21H22N2O3S2/c1-28(24,25)18-9-7-17(8-10-18)19-15-27-21(22-19)20-14-23(11-12-26-20)13-16-5-3-2-4-6-16/h2-10,15,20H,11-14H2,1H3/t20-/m1/s1. The van der Waals surface area contributed by atoms with E-state index in [4.69, 9.17) is 9.72 Å². The van der Waals surface area contributed by atoms with Crippen LogP contribution in [0.1, 0.15) is 16.7 Å². The van der Waals surface area contributed by atoms with Gasteiger partial charge in [-0.1, -0.05) is 42.5 Å². The van der Waals surface area contributed by atoms with Gasteiger partial charge < -0.3 is 4.74 Å². The lowest BCUT2D eigenvalue weighted by Gasteiger charge is -2.32. The number of benzene rings is 2. The van der Waals surface area contributed by atoms with Crippen LogP contribution in [-0.2, 0) is 21.1 Å². The van der Waals surface area contributed by atoms with Gasteiger partial charge in [0.1, 0.15) is 11.1 Å². The first-order chi connectivity index (χ1) is 13.5. The topological polar surface area (TPSA) is 59.5 Å². The molecule has 146 valence electrons. The summed E-state index contributed by atoms with van der Waals surface area (Å²) in [6, 6.07) is 17.3. The molecule has 3 aromatic rings. The molecule has 0 amide bonds. The Labute approximate surface area is 169 Å². The molecule has 0 radical (unpaired) electrons. The quantitative estimate of drug-likeness (QED) is 0.636. The van der Waals surface area contributed by atoms with Crippen molar-refractivity contribution in [2.24, 2.45) is 0 Å². The highest BCUT2D eigenvalue weighted by Crippen LogP contribution is 2.30. The van der Waals surface area contributed by atoms with E-state index in [-0.39, 0.29) is 6.10 Å². The van der Waals surface area contributed by atoms with Crippen molar-refractivity contribution in [2.75, 3.05) is 26.0 Å². The average molecular weight is 415 g/mol. The molecule has 1 atom stereocenters. The maximum absolute atomic E-state index is 11.6. The highest BCUT2D eigenvalue weighted by Gasteiger charge is 2.24. The summed E-state index contributed by atoms with van der Waals surface area (Å²) in [5.74, 6) is 0. The number of thiazole rings is 1. The van der Waals surface area contributed by atoms with Gasteiger partial charge in [-0.3, -0.25) is 4.90 Å². The zero-order valence-corrected chi connectivity index (χ0v) is 17.2. The van der Waals surface area contributed by atoms with E-state index in [0.717, 1.165) is 35.9 Å². The molecule has 1 aliphatic rings. The van der Waals surface area contributed by atoms with Gasteiger partial charge in [0.2, 0.25) is 0 Å². The number of ether oxygens (including phenoxy) is 1. The van der Waals surface area contributed by atoms with Crippen molar-refractivity contribution in [1.82, 2.24) is 9.88 Å². The second-order valence-corrected chi connectivity index (χ2v) is 9.85. The first-order valence-corrected chi connectivity index (χ1v) is 11.9. The highest BCUT2D eigenvalue weighted by atomic mass is 32.2. The molecule has 0 spiro atoms. The highest BCUT2D eigenvalue weighted by molar-refractivity contribution is 7.90. The second-order valence-electron chi connectivity index (χ2n) is 6.95. The van der Waals surface area contributed by atoms with Crippen molar-refractivity contribution in [3.8, 4) is 11.3 Å². The minimum Gasteiger partial charge on any atom is -0.368 e. The minimum absolute atomic E-state index is 0.0356. The van der Waals surface area contributed by atoms with Gasteiger partial charge >= 0.3 is 0 Å². The molecule has 1 fully saturated rings. The fraction of sp³-hybridized carbons (Fsp3) is 0.286. The number of rotatable bonds is 5. The van der Waals surface area contributed by atoms with E-state index in [1.807, 2.05) is 11.4 Å². The number of morpholine rings is 1. The molecular formula is C21H22N2O3S2. The average Bonchev–Trinajstić information content (AvgIpc) is 3.19. The third kappa shape index (κ3) is 4.50. The molecule has 0 N–H and O–H groups in total. The summed E-state index contributed by atoms with van der Waals surface area (Å²) in [6.07, 6.45) is 1.18. The van der Waals surface area contributed by atoms with Gasteiger partial charge in [0.15, 0.2) is 9.84 Å². The van der Waals surface area contributed by atoms with Crippen molar-refractivity contribution in [1.29, 1.82) is 0 Å². The predicted molar refractivity (Wildman–Crippen MR) is 111 cm³/mol. The zero-order valence-electron chi connectivity index (χ0n) is 15.6. The Balaban J connectivity index is 1.46. The molecule has 0 unspecified atom stereocenters. The van der Waals surface area contributed by atoms with Gasteiger partial charge in [0.05, 0.1) is 17.2 Å². The Morgan fingerprint density at radius 2 is 1.89 bits per heavy atom. The Morgan fingerprint density at radius 3 is 2.61 bits per heavy atom. The van der Waals surface area contributed by atoms with E-state index in [1.54, 1.807) is 35.6 Å². The van der Waals surface area contributed by atoms with Gasteiger partial charge in [-0.25, -0.2) is 13.4 Å². The van der Waals surface area contributed by atoms with E-state index < -0.39 is 9.84 Å². The third-order valence-electron chi connectivity index (χ3n) is 4.78. The molecular weight excluding hydrogens is 392 g/mol. The first kappa shape index (κ1) is 19.3. The van der Waals surface area contributed by atoms with E-state index in [2.05, 4.69) is 29.2 Å². The van der Waals surface area contributed by atoms with Crippen molar-refractivity contribution in [3.63, 3.8) is 0 Å².